The summed E-state index contributed by atoms with van der Waals surface area (Å²) >= 11 is 0. The van der Waals surface area contributed by atoms with Crippen molar-refractivity contribution in [2.75, 3.05) is 0 Å². The SMILES string of the molecule is CCn1c(=O)n(CCC(=O)N[C@H](C)c2cccc(C(F)(F)F)c2)c2ccccc21. The van der Waals surface area contributed by atoms with Crippen LogP contribution in [0.4, 0.5) is 13.2 Å². The first-order chi connectivity index (χ1) is 13.7. The molecule has 1 atom stereocenters. The standard InChI is InChI=1S/C21H22F3N3O2/c1-3-26-17-9-4-5-10-18(17)27(20(26)29)12-11-19(28)25-14(2)15-7-6-8-16(13-15)21(22,23)24/h4-10,13-14H,3,11-12H2,1-2H3,(H,25,28)/t14-/m1/s1. The molecular weight excluding hydrogens is 383 g/mol. The van der Waals surface area contributed by atoms with Crippen molar-refractivity contribution in [1.29, 1.82) is 0 Å². The average Bonchev–Trinajstić information content (AvgIpc) is 2.96. The van der Waals surface area contributed by atoms with Gasteiger partial charge in [0.05, 0.1) is 22.6 Å². The van der Waals surface area contributed by atoms with Crippen molar-refractivity contribution in [3.63, 3.8) is 0 Å². The Labute approximate surface area is 165 Å². The molecule has 8 heteroatoms. The van der Waals surface area contributed by atoms with Crippen molar-refractivity contribution in [2.24, 2.45) is 0 Å². The molecule has 0 saturated heterocycles. The summed E-state index contributed by atoms with van der Waals surface area (Å²) in [5.41, 5.74) is 0.978. The fourth-order valence-corrected chi connectivity index (χ4v) is 3.39. The van der Waals surface area contributed by atoms with Gasteiger partial charge in [-0.25, -0.2) is 4.79 Å². The van der Waals surface area contributed by atoms with Gasteiger partial charge in [-0.3, -0.25) is 13.9 Å². The van der Waals surface area contributed by atoms with Gasteiger partial charge in [-0.2, -0.15) is 13.2 Å². The highest BCUT2D eigenvalue weighted by Crippen LogP contribution is 2.30. The van der Waals surface area contributed by atoms with Crippen LogP contribution in [0.2, 0.25) is 0 Å². The third-order valence-electron chi connectivity index (χ3n) is 4.90. The van der Waals surface area contributed by atoms with E-state index in [1.54, 1.807) is 22.1 Å². The number of carbonyl (C=O) groups is 1. The second-order valence-electron chi connectivity index (χ2n) is 6.83. The Balaban J connectivity index is 1.70. The van der Waals surface area contributed by atoms with Gasteiger partial charge < -0.3 is 5.32 Å². The maximum absolute atomic E-state index is 12.9. The molecule has 0 saturated carbocycles. The minimum absolute atomic E-state index is 0.0426. The zero-order chi connectivity index (χ0) is 21.2. The second-order valence-corrected chi connectivity index (χ2v) is 6.83. The monoisotopic (exact) mass is 405 g/mol. The molecule has 0 fully saturated rings. The number of para-hydroxylation sites is 2. The number of fused-ring (bicyclic) bond motifs is 1. The molecule has 1 amide bonds. The average molecular weight is 405 g/mol. The van der Waals surface area contributed by atoms with E-state index in [9.17, 15) is 22.8 Å². The molecule has 1 N–H and O–H groups in total. The van der Waals surface area contributed by atoms with Crippen molar-refractivity contribution >= 4 is 16.9 Å². The summed E-state index contributed by atoms with van der Waals surface area (Å²) in [7, 11) is 0. The maximum atomic E-state index is 12.9. The molecule has 0 radical (unpaired) electrons. The number of imidazole rings is 1. The van der Waals surface area contributed by atoms with Crippen molar-refractivity contribution < 1.29 is 18.0 Å². The lowest BCUT2D eigenvalue weighted by molar-refractivity contribution is -0.137. The van der Waals surface area contributed by atoms with Gasteiger partial charge >= 0.3 is 11.9 Å². The number of alkyl halides is 3. The van der Waals surface area contributed by atoms with Crippen LogP contribution in [0.15, 0.2) is 53.3 Å². The summed E-state index contributed by atoms with van der Waals surface area (Å²) in [6, 6.07) is 11.7. The quantitative estimate of drug-likeness (QED) is 0.671. The Morgan fingerprint density at radius 2 is 1.72 bits per heavy atom. The maximum Gasteiger partial charge on any atom is 0.416 e. The van der Waals surface area contributed by atoms with Crippen LogP contribution in [0.3, 0.4) is 0 Å². The molecule has 1 heterocycles. The number of carbonyl (C=O) groups excluding carboxylic acids is 1. The molecule has 0 aliphatic rings. The van der Waals surface area contributed by atoms with Gasteiger partial charge in [0, 0.05) is 19.5 Å². The Kier molecular flexibility index (Phi) is 5.81. The van der Waals surface area contributed by atoms with Gasteiger partial charge in [0.2, 0.25) is 5.91 Å². The van der Waals surface area contributed by atoms with E-state index in [1.807, 2.05) is 31.2 Å². The molecule has 29 heavy (non-hydrogen) atoms. The van der Waals surface area contributed by atoms with Gasteiger partial charge in [-0.1, -0.05) is 24.3 Å². The molecule has 2 aromatic carbocycles. The number of nitrogens with zero attached hydrogens (tertiary/aromatic N) is 2. The van der Waals surface area contributed by atoms with Crippen LogP contribution in [-0.4, -0.2) is 15.0 Å². The van der Waals surface area contributed by atoms with Crippen molar-refractivity contribution in [2.45, 2.75) is 45.6 Å². The topological polar surface area (TPSA) is 56.0 Å². The lowest BCUT2D eigenvalue weighted by atomic mass is 10.0. The summed E-state index contributed by atoms with van der Waals surface area (Å²) in [6.07, 6.45) is -4.39. The van der Waals surface area contributed by atoms with E-state index >= 15 is 0 Å². The Bertz CT molecular complexity index is 1080. The number of aryl methyl sites for hydroxylation is 2. The zero-order valence-corrected chi connectivity index (χ0v) is 16.2. The van der Waals surface area contributed by atoms with Crippen LogP contribution in [0.5, 0.6) is 0 Å². The number of rotatable bonds is 6. The molecule has 1 aromatic heterocycles. The molecule has 0 spiro atoms. The summed E-state index contributed by atoms with van der Waals surface area (Å²) in [6.45, 7) is 4.21. The third kappa shape index (κ3) is 4.36. The number of hydrogen-bond acceptors (Lipinski definition) is 2. The molecule has 154 valence electrons. The van der Waals surface area contributed by atoms with Crippen molar-refractivity contribution in [1.82, 2.24) is 14.5 Å². The predicted molar refractivity (Wildman–Crippen MR) is 104 cm³/mol. The van der Waals surface area contributed by atoms with Gasteiger partial charge in [-0.15, -0.1) is 0 Å². The highest BCUT2D eigenvalue weighted by molar-refractivity contribution is 5.78. The lowest BCUT2D eigenvalue weighted by Gasteiger charge is -2.16. The van der Waals surface area contributed by atoms with Crippen molar-refractivity contribution in [3.05, 3.63) is 70.1 Å². The van der Waals surface area contributed by atoms with E-state index in [-0.39, 0.29) is 24.6 Å². The number of aromatic nitrogens is 2. The molecule has 3 aromatic rings. The van der Waals surface area contributed by atoms with Gasteiger partial charge in [-0.05, 0) is 43.7 Å². The minimum Gasteiger partial charge on any atom is -0.350 e. The smallest absolute Gasteiger partial charge is 0.350 e. The summed E-state index contributed by atoms with van der Waals surface area (Å²) in [5, 5.41) is 2.70. The van der Waals surface area contributed by atoms with E-state index in [2.05, 4.69) is 5.32 Å². The fourth-order valence-electron chi connectivity index (χ4n) is 3.39. The van der Waals surface area contributed by atoms with Crippen LogP contribution in [0.1, 0.15) is 37.4 Å². The highest BCUT2D eigenvalue weighted by atomic mass is 19.4. The molecule has 0 aliphatic heterocycles. The van der Waals surface area contributed by atoms with Crippen molar-refractivity contribution in [3.8, 4) is 0 Å². The number of benzene rings is 2. The van der Waals surface area contributed by atoms with E-state index < -0.39 is 17.8 Å². The predicted octanol–water partition coefficient (Wildman–Crippen LogP) is 4.11. The van der Waals surface area contributed by atoms with Crippen LogP contribution >= 0.6 is 0 Å². The molecule has 0 aliphatic carbocycles. The van der Waals surface area contributed by atoms with Crippen LogP contribution in [-0.2, 0) is 24.1 Å². The van der Waals surface area contributed by atoms with Gasteiger partial charge in [0.25, 0.3) is 0 Å². The normalized spacial score (nSPS) is 12.9. The van der Waals surface area contributed by atoms with Gasteiger partial charge in [0.1, 0.15) is 0 Å². The first-order valence-electron chi connectivity index (χ1n) is 9.37. The largest absolute Gasteiger partial charge is 0.416 e. The molecule has 5 nitrogen and oxygen atoms in total. The Hall–Kier alpha value is -3.03. The van der Waals surface area contributed by atoms with Crippen LogP contribution < -0.4 is 11.0 Å². The molecule has 0 bridgehead atoms. The minimum atomic E-state index is -4.44. The molecule has 0 unspecified atom stereocenters. The number of hydrogen-bond donors (Lipinski definition) is 1. The molecular formula is C21H22F3N3O2. The van der Waals surface area contributed by atoms with Gasteiger partial charge in [0.15, 0.2) is 0 Å². The fraction of sp³-hybridized carbons (Fsp3) is 0.333. The number of nitrogens with one attached hydrogen (secondary N) is 1. The van der Waals surface area contributed by atoms with E-state index in [1.165, 1.54) is 6.07 Å². The van der Waals surface area contributed by atoms with Crippen LogP contribution in [0, 0.1) is 0 Å². The lowest BCUT2D eigenvalue weighted by Crippen LogP contribution is -2.30. The van der Waals surface area contributed by atoms with E-state index in [0.717, 1.165) is 23.2 Å². The first kappa shape index (κ1) is 20.7. The van der Waals surface area contributed by atoms with E-state index in [0.29, 0.717) is 12.1 Å². The second kappa shape index (κ2) is 8.14. The van der Waals surface area contributed by atoms with Crippen LogP contribution in [0.25, 0.3) is 11.0 Å². The summed E-state index contributed by atoms with van der Waals surface area (Å²) in [4.78, 5) is 24.9. The summed E-state index contributed by atoms with van der Waals surface area (Å²) in [5.74, 6) is -0.338. The Morgan fingerprint density at radius 3 is 2.34 bits per heavy atom. The summed E-state index contributed by atoms with van der Waals surface area (Å²) < 4.78 is 41.8. The highest BCUT2D eigenvalue weighted by Gasteiger charge is 2.30. The molecule has 3 rings (SSSR count). The van der Waals surface area contributed by atoms with E-state index in [4.69, 9.17) is 0 Å². The number of halogens is 3. The first-order valence-corrected chi connectivity index (χ1v) is 9.37. The number of amides is 1. The Morgan fingerprint density at radius 1 is 1.07 bits per heavy atom. The third-order valence-corrected chi connectivity index (χ3v) is 4.90. The zero-order valence-electron chi connectivity index (χ0n) is 16.2.